The lowest BCUT2D eigenvalue weighted by atomic mass is 10.0. The van der Waals surface area contributed by atoms with Gasteiger partial charge in [-0.3, -0.25) is 0 Å². The molecule has 0 heterocycles. The molecule has 1 rings (SSSR count). The topological polar surface area (TPSA) is 9.23 Å². The molecule has 0 aromatic rings. The van der Waals surface area contributed by atoms with Crippen molar-refractivity contribution in [1.82, 2.24) is 0 Å². The van der Waals surface area contributed by atoms with Crippen LogP contribution in [0.5, 0.6) is 0 Å². The van der Waals surface area contributed by atoms with Crippen LogP contribution in [0.1, 0.15) is 40.0 Å². The van der Waals surface area contributed by atoms with Crippen LogP contribution in [0.3, 0.4) is 0 Å². The second-order valence-electron chi connectivity index (χ2n) is 4.47. The van der Waals surface area contributed by atoms with Crippen molar-refractivity contribution in [3.63, 3.8) is 0 Å². The largest absolute Gasteiger partial charge is 0.547 e. The minimum Gasteiger partial charge on any atom is -0.547 e. The lowest BCUT2D eigenvalue weighted by Gasteiger charge is -2.31. The molecule has 0 fully saturated rings. The third-order valence-electron chi connectivity index (χ3n) is 3.57. The summed E-state index contributed by atoms with van der Waals surface area (Å²) < 4.78 is 6.34. The highest BCUT2D eigenvalue weighted by molar-refractivity contribution is 6.73. The van der Waals surface area contributed by atoms with E-state index in [1.54, 1.807) is 0 Å². The van der Waals surface area contributed by atoms with Gasteiger partial charge in [-0.1, -0.05) is 32.9 Å². The first kappa shape index (κ1) is 12.6. The first-order valence-electron chi connectivity index (χ1n) is 6.23. The fraction of sp³-hybridized carbons (Fsp3) is 0.692. The molecule has 1 aliphatic rings. The Morgan fingerprint density at radius 1 is 1.20 bits per heavy atom. The Hall–Kier alpha value is -0.503. The third-order valence-corrected chi connectivity index (χ3v) is 8.13. The SMILES string of the molecule is C=C1C=C(O[Si](CC)(CC)CC)CCC1. The molecule has 0 atom stereocenters. The van der Waals surface area contributed by atoms with Crippen LogP contribution in [0.25, 0.3) is 0 Å². The molecule has 15 heavy (non-hydrogen) atoms. The molecular weight excluding hydrogens is 200 g/mol. The maximum Gasteiger partial charge on any atom is 0.250 e. The van der Waals surface area contributed by atoms with E-state index in [1.165, 1.54) is 35.9 Å². The van der Waals surface area contributed by atoms with Crippen LogP contribution in [-0.2, 0) is 4.43 Å². The van der Waals surface area contributed by atoms with E-state index in [9.17, 15) is 0 Å². The Bertz CT molecular complexity index is 243. The van der Waals surface area contributed by atoms with Gasteiger partial charge in [0.1, 0.15) is 0 Å². The van der Waals surface area contributed by atoms with Crippen molar-refractivity contribution in [2.45, 2.75) is 58.2 Å². The van der Waals surface area contributed by atoms with E-state index in [-0.39, 0.29) is 0 Å². The average molecular weight is 224 g/mol. The predicted octanol–water partition coefficient (Wildman–Crippen LogP) is 4.63. The van der Waals surface area contributed by atoms with Gasteiger partial charge in [-0.15, -0.1) is 0 Å². The number of allylic oxidation sites excluding steroid dienone is 3. The van der Waals surface area contributed by atoms with Gasteiger partial charge in [0.05, 0.1) is 5.76 Å². The first-order valence-corrected chi connectivity index (χ1v) is 8.76. The van der Waals surface area contributed by atoms with E-state index in [2.05, 4.69) is 33.4 Å². The highest BCUT2D eigenvalue weighted by Crippen LogP contribution is 2.30. The smallest absolute Gasteiger partial charge is 0.250 e. The maximum atomic E-state index is 6.34. The summed E-state index contributed by atoms with van der Waals surface area (Å²) in [6, 6.07) is 3.68. The van der Waals surface area contributed by atoms with E-state index < -0.39 is 8.32 Å². The number of rotatable bonds is 5. The van der Waals surface area contributed by atoms with Gasteiger partial charge in [0, 0.05) is 6.42 Å². The summed E-state index contributed by atoms with van der Waals surface area (Å²) in [4.78, 5) is 0. The standard InChI is InChI=1S/C13H24OSi/c1-5-15(6-2,7-3)14-13-10-8-9-12(4)11-13/h11H,4-10H2,1-3H3. The zero-order valence-electron chi connectivity index (χ0n) is 10.4. The summed E-state index contributed by atoms with van der Waals surface area (Å²) in [5.41, 5.74) is 1.24. The van der Waals surface area contributed by atoms with Crippen LogP contribution in [0.15, 0.2) is 24.0 Å². The number of hydrogen-bond acceptors (Lipinski definition) is 1. The lowest BCUT2D eigenvalue weighted by molar-refractivity contribution is 0.374. The van der Waals surface area contributed by atoms with Crippen LogP contribution < -0.4 is 0 Å². The average Bonchev–Trinajstić information content (AvgIpc) is 2.26. The normalized spacial score (nSPS) is 17.5. The van der Waals surface area contributed by atoms with Crippen LogP contribution in [0.2, 0.25) is 18.1 Å². The predicted molar refractivity (Wildman–Crippen MR) is 69.4 cm³/mol. The molecule has 1 nitrogen and oxygen atoms in total. The Morgan fingerprint density at radius 2 is 1.80 bits per heavy atom. The highest BCUT2D eigenvalue weighted by Gasteiger charge is 2.31. The second kappa shape index (κ2) is 5.55. The van der Waals surface area contributed by atoms with Crippen molar-refractivity contribution >= 4 is 8.32 Å². The molecule has 86 valence electrons. The molecule has 0 aromatic carbocycles. The van der Waals surface area contributed by atoms with Crippen molar-refractivity contribution in [3.8, 4) is 0 Å². The summed E-state index contributed by atoms with van der Waals surface area (Å²) in [7, 11) is -1.44. The van der Waals surface area contributed by atoms with Crippen molar-refractivity contribution in [2.24, 2.45) is 0 Å². The fourth-order valence-electron chi connectivity index (χ4n) is 2.19. The Morgan fingerprint density at radius 3 is 2.27 bits per heavy atom. The van der Waals surface area contributed by atoms with E-state index >= 15 is 0 Å². The van der Waals surface area contributed by atoms with Gasteiger partial charge < -0.3 is 4.43 Å². The highest BCUT2D eigenvalue weighted by atomic mass is 28.4. The van der Waals surface area contributed by atoms with Crippen molar-refractivity contribution < 1.29 is 4.43 Å². The fourth-order valence-corrected chi connectivity index (χ4v) is 4.84. The molecule has 0 saturated carbocycles. The van der Waals surface area contributed by atoms with E-state index in [1.807, 2.05) is 0 Å². The van der Waals surface area contributed by atoms with Gasteiger partial charge in [0.2, 0.25) is 8.32 Å². The summed E-state index contributed by atoms with van der Waals surface area (Å²) in [5, 5.41) is 0. The molecule has 0 unspecified atom stereocenters. The molecule has 0 saturated heterocycles. The monoisotopic (exact) mass is 224 g/mol. The molecule has 1 aliphatic carbocycles. The minimum atomic E-state index is -1.44. The summed E-state index contributed by atoms with van der Waals surface area (Å²) in [5.74, 6) is 1.21. The van der Waals surface area contributed by atoms with Gasteiger partial charge in [0.25, 0.3) is 0 Å². The Labute approximate surface area is 95.4 Å². The van der Waals surface area contributed by atoms with E-state index in [0.29, 0.717) is 0 Å². The van der Waals surface area contributed by atoms with Crippen molar-refractivity contribution in [1.29, 1.82) is 0 Å². The molecule has 0 aromatic heterocycles. The van der Waals surface area contributed by atoms with Crippen LogP contribution >= 0.6 is 0 Å². The van der Waals surface area contributed by atoms with Gasteiger partial charge in [0.15, 0.2) is 0 Å². The van der Waals surface area contributed by atoms with Gasteiger partial charge in [-0.2, -0.15) is 0 Å². The third kappa shape index (κ3) is 3.23. The maximum absolute atomic E-state index is 6.34. The molecule has 0 radical (unpaired) electrons. The summed E-state index contributed by atoms with van der Waals surface area (Å²) in [6.07, 6.45) is 5.65. The second-order valence-corrected chi connectivity index (χ2v) is 9.16. The van der Waals surface area contributed by atoms with Crippen LogP contribution in [0, 0.1) is 0 Å². The molecule has 0 aliphatic heterocycles. The van der Waals surface area contributed by atoms with Gasteiger partial charge in [-0.25, -0.2) is 0 Å². The Kier molecular flexibility index (Phi) is 4.65. The summed E-state index contributed by atoms with van der Waals surface area (Å²) >= 11 is 0. The van der Waals surface area contributed by atoms with Crippen LogP contribution in [-0.4, -0.2) is 8.32 Å². The number of hydrogen-bond donors (Lipinski definition) is 0. The zero-order chi connectivity index (χ0) is 11.3. The minimum absolute atomic E-state index is 1.12. The molecule has 0 bridgehead atoms. The van der Waals surface area contributed by atoms with Gasteiger partial charge in [-0.05, 0) is 37.0 Å². The quantitative estimate of drug-likeness (QED) is 0.619. The van der Waals surface area contributed by atoms with Gasteiger partial charge >= 0.3 is 0 Å². The van der Waals surface area contributed by atoms with Crippen LogP contribution in [0.4, 0.5) is 0 Å². The lowest BCUT2D eigenvalue weighted by Crippen LogP contribution is -2.35. The summed E-state index contributed by atoms with van der Waals surface area (Å²) in [6.45, 7) is 10.9. The molecule has 0 N–H and O–H groups in total. The van der Waals surface area contributed by atoms with Crippen molar-refractivity contribution in [2.75, 3.05) is 0 Å². The Balaban J connectivity index is 2.69. The molecule has 0 amide bonds. The van der Waals surface area contributed by atoms with E-state index in [0.717, 1.165) is 12.8 Å². The van der Waals surface area contributed by atoms with E-state index in [4.69, 9.17) is 4.43 Å². The first-order chi connectivity index (χ1) is 7.15. The van der Waals surface area contributed by atoms with Crippen molar-refractivity contribution in [3.05, 3.63) is 24.0 Å². The molecule has 2 heteroatoms. The zero-order valence-corrected chi connectivity index (χ0v) is 11.4. The molecule has 0 spiro atoms. The molecular formula is C13H24OSi.